The fourth-order valence-corrected chi connectivity index (χ4v) is 3.20. The average Bonchev–Trinajstić information content (AvgIpc) is 3.06. The molecule has 0 aliphatic rings. The number of carbonyl (C=O) groups excluding carboxylic acids is 3. The maximum absolute atomic E-state index is 12.4. The number of rotatable bonds is 7. The van der Waals surface area contributed by atoms with Gasteiger partial charge in [0.1, 0.15) is 6.54 Å². The zero-order valence-electron chi connectivity index (χ0n) is 15.1. The number of nitrogens with zero attached hydrogens (tertiary/aromatic N) is 1. The Balaban J connectivity index is 1.83. The monoisotopic (exact) mass is 374 g/mol. The van der Waals surface area contributed by atoms with Crippen LogP contribution in [0.5, 0.6) is 0 Å². The van der Waals surface area contributed by atoms with Gasteiger partial charge in [-0.3, -0.25) is 14.4 Å². The molecule has 1 N–H and O–H groups in total. The minimum atomic E-state index is -0.652. The lowest BCUT2D eigenvalue weighted by Gasteiger charge is -2.22. The van der Waals surface area contributed by atoms with Crippen LogP contribution in [0.15, 0.2) is 36.4 Å². The second-order valence-corrected chi connectivity index (χ2v) is 6.97. The Kier molecular flexibility index (Phi) is 6.91. The topological polar surface area (TPSA) is 75.7 Å². The highest BCUT2D eigenvalue weighted by Gasteiger charge is 2.18. The van der Waals surface area contributed by atoms with E-state index in [0.717, 1.165) is 16.1 Å². The van der Waals surface area contributed by atoms with Crippen molar-refractivity contribution in [2.24, 2.45) is 0 Å². The summed E-state index contributed by atoms with van der Waals surface area (Å²) >= 11 is 1.35. The molecule has 2 rings (SSSR count). The molecule has 138 valence electrons. The number of aryl methyl sites for hydroxylation is 2. The third-order valence-corrected chi connectivity index (χ3v) is 4.74. The zero-order chi connectivity index (χ0) is 19.1. The van der Waals surface area contributed by atoms with Crippen molar-refractivity contribution >= 4 is 34.8 Å². The minimum Gasteiger partial charge on any atom is -0.454 e. The third-order valence-electron chi connectivity index (χ3n) is 3.74. The summed E-state index contributed by atoms with van der Waals surface area (Å²) in [5.41, 5.74) is 1.75. The van der Waals surface area contributed by atoms with Crippen molar-refractivity contribution in [3.63, 3.8) is 0 Å². The zero-order valence-corrected chi connectivity index (χ0v) is 15.9. The van der Waals surface area contributed by atoms with E-state index in [0.29, 0.717) is 11.4 Å². The number of esters is 1. The molecule has 0 spiro atoms. The smallest absolute Gasteiger partial charge is 0.325 e. The van der Waals surface area contributed by atoms with Crippen molar-refractivity contribution in [3.05, 3.63) is 51.7 Å². The molecule has 1 heterocycles. The van der Waals surface area contributed by atoms with Gasteiger partial charge in [-0.1, -0.05) is 18.2 Å². The predicted molar refractivity (Wildman–Crippen MR) is 102 cm³/mol. The Morgan fingerprint density at radius 3 is 2.46 bits per heavy atom. The molecule has 0 saturated carbocycles. The molecule has 0 unspecified atom stereocenters. The number of hydrogen-bond acceptors (Lipinski definition) is 5. The van der Waals surface area contributed by atoms with Crippen LogP contribution in [0.3, 0.4) is 0 Å². The van der Waals surface area contributed by atoms with Crippen LogP contribution in [0, 0.1) is 13.8 Å². The van der Waals surface area contributed by atoms with Gasteiger partial charge in [0.25, 0.3) is 11.8 Å². The molecule has 0 atom stereocenters. The molecule has 1 aromatic carbocycles. The highest BCUT2D eigenvalue weighted by Crippen LogP contribution is 2.19. The first kappa shape index (κ1) is 19.7. The van der Waals surface area contributed by atoms with Crippen LogP contribution in [-0.4, -0.2) is 37.5 Å². The first-order chi connectivity index (χ1) is 12.4. The number of thiophene rings is 1. The van der Waals surface area contributed by atoms with E-state index in [-0.39, 0.29) is 25.0 Å². The van der Waals surface area contributed by atoms with Crippen LogP contribution in [0.4, 0.5) is 5.69 Å². The second kappa shape index (κ2) is 9.15. The molecule has 0 aliphatic heterocycles. The van der Waals surface area contributed by atoms with Crippen LogP contribution < -0.4 is 10.2 Å². The standard InChI is InChI=1S/C19H22N2O4S/c1-4-21(15-8-6-5-7-13(15)2)17(22)12-25-18(23)11-20-19(24)16-10-9-14(3)26-16/h5-10H,4,11-12H2,1-3H3,(H,20,24). The summed E-state index contributed by atoms with van der Waals surface area (Å²) in [6, 6.07) is 11.1. The number of benzene rings is 1. The van der Waals surface area contributed by atoms with Gasteiger partial charge in [0.15, 0.2) is 6.61 Å². The number of hydrogen-bond donors (Lipinski definition) is 1. The van der Waals surface area contributed by atoms with E-state index >= 15 is 0 Å². The molecule has 1 aromatic heterocycles. The van der Waals surface area contributed by atoms with E-state index in [1.54, 1.807) is 11.0 Å². The summed E-state index contributed by atoms with van der Waals surface area (Å²) in [6.07, 6.45) is 0. The van der Waals surface area contributed by atoms with Gasteiger partial charge >= 0.3 is 5.97 Å². The number of amides is 2. The predicted octanol–water partition coefficient (Wildman–Crippen LogP) is 2.69. The number of nitrogens with one attached hydrogen (secondary N) is 1. The highest BCUT2D eigenvalue weighted by atomic mass is 32.1. The summed E-state index contributed by atoms with van der Waals surface area (Å²) in [6.45, 7) is 5.49. The third kappa shape index (κ3) is 5.16. The average molecular weight is 374 g/mol. The molecule has 0 bridgehead atoms. The van der Waals surface area contributed by atoms with Crippen LogP contribution in [0.2, 0.25) is 0 Å². The molecule has 0 saturated heterocycles. The lowest BCUT2D eigenvalue weighted by Crippen LogP contribution is -2.37. The Morgan fingerprint density at radius 2 is 1.85 bits per heavy atom. The summed E-state index contributed by atoms with van der Waals surface area (Å²) in [7, 11) is 0. The molecule has 2 aromatic rings. The van der Waals surface area contributed by atoms with Crippen LogP contribution in [-0.2, 0) is 14.3 Å². The Hall–Kier alpha value is -2.67. The van der Waals surface area contributed by atoms with E-state index in [2.05, 4.69) is 5.32 Å². The number of para-hydroxylation sites is 1. The fraction of sp³-hybridized carbons (Fsp3) is 0.316. The van der Waals surface area contributed by atoms with Gasteiger partial charge in [0.05, 0.1) is 4.88 Å². The summed E-state index contributed by atoms with van der Waals surface area (Å²) in [4.78, 5) is 39.2. The molecule has 2 amide bonds. The van der Waals surface area contributed by atoms with Crippen LogP contribution in [0.1, 0.15) is 27.0 Å². The number of carbonyl (C=O) groups is 3. The number of anilines is 1. The molecule has 26 heavy (non-hydrogen) atoms. The fourth-order valence-electron chi connectivity index (χ4n) is 2.41. The molecular weight excluding hydrogens is 352 g/mol. The van der Waals surface area contributed by atoms with Crippen molar-refractivity contribution in [1.29, 1.82) is 0 Å². The highest BCUT2D eigenvalue weighted by molar-refractivity contribution is 7.13. The van der Waals surface area contributed by atoms with Crippen molar-refractivity contribution < 1.29 is 19.1 Å². The van der Waals surface area contributed by atoms with E-state index in [1.807, 2.05) is 51.1 Å². The first-order valence-corrected chi connectivity index (χ1v) is 9.10. The maximum atomic E-state index is 12.4. The van der Waals surface area contributed by atoms with E-state index in [9.17, 15) is 14.4 Å². The SMILES string of the molecule is CCN(C(=O)COC(=O)CNC(=O)c1ccc(C)s1)c1ccccc1C. The molecule has 7 heteroatoms. The minimum absolute atomic E-state index is 0.278. The molecular formula is C19H22N2O4S. The molecule has 0 radical (unpaired) electrons. The van der Waals surface area contributed by atoms with Crippen molar-refractivity contribution in [3.8, 4) is 0 Å². The summed E-state index contributed by atoms with van der Waals surface area (Å²) < 4.78 is 5.00. The van der Waals surface area contributed by atoms with Gasteiger partial charge in [-0.25, -0.2) is 0 Å². The van der Waals surface area contributed by atoms with Gasteiger partial charge in [0, 0.05) is 17.1 Å². The Labute approximate surface area is 156 Å². The second-order valence-electron chi connectivity index (χ2n) is 5.68. The van der Waals surface area contributed by atoms with Crippen molar-refractivity contribution in [1.82, 2.24) is 5.32 Å². The van der Waals surface area contributed by atoms with Crippen molar-refractivity contribution in [2.45, 2.75) is 20.8 Å². The lowest BCUT2D eigenvalue weighted by atomic mass is 10.2. The van der Waals surface area contributed by atoms with Crippen LogP contribution in [0.25, 0.3) is 0 Å². The van der Waals surface area contributed by atoms with Gasteiger partial charge in [0.2, 0.25) is 0 Å². The van der Waals surface area contributed by atoms with Crippen LogP contribution >= 0.6 is 11.3 Å². The van der Waals surface area contributed by atoms with E-state index < -0.39 is 5.97 Å². The summed E-state index contributed by atoms with van der Waals surface area (Å²) in [5.74, 6) is -1.29. The molecule has 6 nitrogen and oxygen atoms in total. The summed E-state index contributed by atoms with van der Waals surface area (Å²) in [5, 5.41) is 2.49. The van der Waals surface area contributed by atoms with Gasteiger partial charge in [-0.05, 0) is 44.5 Å². The van der Waals surface area contributed by atoms with E-state index in [1.165, 1.54) is 11.3 Å². The van der Waals surface area contributed by atoms with Gasteiger partial charge < -0.3 is 15.0 Å². The number of ether oxygens (including phenoxy) is 1. The van der Waals surface area contributed by atoms with Gasteiger partial charge in [-0.15, -0.1) is 11.3 Å². The Morgan fingerprint density at radius 1 is 1.12 bits per heavy atom. The first-order valence-electron chi connectivity index (χ1n) is 8.28. The molecule has 0 aliphatic carbocycles. The van der Waals surface area contributed by atoms with Crippen molar-refractivity contribution in [2.75, 3.05) is 24.6 Å². The number of likely N-dealkylation sites (N-methyl/N-ethyl adjacent to an activating group) is 1. The van der Waals surface area contributed by atoms with Gasteiger partial charge in [-0.2, -0.15) is 0 Å². The Bertz CT molecular complexity index is 800. The van der Waals surface area contributed by atoms with E-state index in [4.69, 9.17) is 4.74 Å². The lowest BCUT2D eigenvalue weighted by molar-refractivity contribution is -0.146. The normalized spacial score (nSPS) is 10.3. The quantitative estimate of drug-likeness (QED) is 0.756. The maximum Gasteiger partial charge on any atom is 0.325 e. The molecule has 0 fully saturated rings. The largest absolute Gasteiger partial charge is 0.454 e.